The maximum atomic E-state index is 13.8. The zero-order valence-corrected chi connectivity index (χ0v) is 61.2. The molecule has 10 fully saturated rings. The van der Waals surface area contributed by atoms with Crippen molar-refractivity contribution < 1.29 is 187 Å². The van der Waals surface area contributed by atoms with E-state index in [9.17, 15) is 106 Å². The van der Waals surface area contributed by atoms with Crippen LogP contribution in [0.3, 0.4) is 0 Å². The average molecular weight is 1580 g/mol. The van der Waals surface area contributed by atoms with Gasteiger partial charge >= 0.3 is 29.8 Å². The Balaban J connectivity index is 0.848. The normalized spacial score (nSPS) is 45.6. The van der Waals surface area contributed by atoms with Crippen LogP contribution in [-0.4, -0.2) is 367 Å². The molecule has 5 aliphatic heterocycles. The number of carbonyl (C=O) groups is 5. The standard InChI is InChI=1S/C72H110O38/c1-95-42-18-31(6-13-38(42)76)8-16-52(81)98-27-47-57(86)60(89)64(93)69(106-47)101-35-11-4-30(5-12-35)7-15-51(80)99-28-49-59(88)63(92)68(110-72-67(62(91)56(85)46(26-73)105-72)109-53(82)17-9-32-19-43(96-2)55(84)44(20-32)97-3)71(108-49)104-45-24-36-40(102-66(45)33-10-14-37(75)39(77)21-33)22-34(74)23-41(36)103-70-65(94)61(90)58(87)48(107-70)29-100-54(83)25-50(78)79/h7-9,15-17,30-49,55-77,84-94H,4-6,10-14,18-29H2,1-3H3,(H,78,79)/t30?,31?,32?,33?,34?,35?,36?,37?,38?,39?,40?,41?,42?,43?,44?,45?,46-,47-,48-,49-,55?,56-,57-,58-,59-,60+,61+,62+,63+,64-,65-,66?,67-,68-,69-,70-,71-,72+/m1/s1. The summed E-state index contributed by atoms with van der Waals surface area (Å²) in [5.41, 5.74) is 0. The number of methoxy groups -OCH3 is 3. The first-order valence-electron chi connectivity index (χ1n) is 37.7. The van der Waals surface area contributed by atoms with Crippen LogP contribution in [0.5, 0.6) is 0 Å². The van der Waals surface area contributed by atoms with Gasteiger partial charge < -0.3 is 163 Å². The van der Waals surface area contributed by atoms with Crippen LogP contribution < -0.4 is 0 Å². The lowest BCUT2D eigenvalue weighted by Gasteiger charge is -2.53. The zero-order valence-electron chi connectivity index (χ0n) is 61.2. The SMILES string of the molecule is COC1CC(C=CC(=O)OC[C@H]2O[C@@H](OC3CCC(C=CC(=O)OC[C@H]4O[C@@H](OC5CC6C(CC(O)CC6O[C@@H]6O[C@H](COC(=O)CC(=O)O)[C@@H](O)[C@H](O)[C@H]6O)OC5C5CCC(O)C(O)C5)[C@H](O[C@@H]5O[C@H](CO)[C@@H](O)[C@H](O)[C@H]5OC(=O)C=CC5CC(OC)C(O)C(OC)C5)[C@@H](O)[C@@H]4O)CC3)[C@H](O)[C@@H](O)[C@@H]2O)CCC1O. The molecule has 5 aliphatic carbocycles. The highest BCUT2D eigenvalue weighted by Gasteiger charge is 2.58. The maximum absolute atomic E-state index is 13.8. The lowest BCUT2D eigenvalue weighted by atomic mass is 9.72. The molecule has 5 saturated carbocycles. The van der Waals surface area contributed by atoms with Gasteiger partial charge in [-0.15, -0.1) is 0 Å². The molecule has 0 aromatic heterocycles. The minimum atomic E-state index is -2.17. The quantitative estimate of drug-likeness (QED) is 0.0150. The highest BCUT2D eigenvalue weighted by molar-refractivity contribution is 5.90. The molecule has 5 heterocycles. The molecule has 0 bridgehead atoms. The summed E-state index contributed by atoms with van der Waals surface area (Å²) in [5, 5.41) is 187. The molecule has 10 rings (SSSR count). The third kappa shape index (κ3) is 22.1. The van der Waals surface area contributed by atoms with Gasteiger partial charge in [0.2, 0.25) is 0 Å². The summed E-state index contributed by atoms with van der Waals surface area (Å²) in [5.74, 6) is -7.82. The van der Waals surface area contributed by atoms with E-state index in [1.807, 2.05) is 0 Å². The number of ether oxygens (including phenoxy) is 16. The largest absolute Gasteiger partial charge is 0.481 e. The monoisotopic (exact) mass is 1580 g/mol. The fraction of sp³-hybridized carbons (Fsp3) is 0.847. The van der Waals surface area contributed by atoms with Crippen LogP contribution in [0.2, 0.25) is 0 Å². The minimum absolute atomic E-state index is 0.0371. The molecule has 5 saturated heterocycles. The Labute approximate surface area is 633 Å². The first-order valence-corrected chi connectivity index (χ1v) is 37.7. The molecular formula is C72H110O38. The molecule has 0 radical (unpaired) electrons. The van der Waals surface area contributed by atoms with Crippen LogP contribution in [0.25, 0.3) is 0 Å². The summed E-state index contributed by atoms with van der Waals surface area (Å²) in [6.07, 6.45) is -38.3. The number of aliphatic hydroxyl groups excluding tert-OH is 16. The Hall–Kier alpha value is -4.55. The van der Waals surface area contributed by atoms with Gasteiger partial charge in [-0.2, -0.15) is 0 Å². The number of hydrogen-bond acceptors (Lipinski definition) is 37. The van der Waals surface area contributed by atoms with Crippen molar-refractivity contribution >= 4 is 29.8 Å². The van der Waals surface area contributed by atoms with Crippen LogP contribution in [-0.2, 0) is 99.8 Å². The van der Waals surface area contributed by atoms with E-state index in [-0.39, 0.29) is 69.3 Å². The van der Waals surface area contributed by atoms with Crippen LogP contribution in [0.15, 0.2) is 36.5 Å². The molecule has 626 valence electrons. The van der Waals surface area contributed by atoms with E-state index in [1.54, 1.807) is 12.2 Å². The molecule has 10 aliphatic rings. The molecule has 0 spiro atoms. The van der Waals surface area contributed by atoms with Crippen LogP contribution >= 0.6 is 0 Å². The van der Waals surface area contributed by atoms with Crippen molar-refractivity contribution in [1.82, 2.24) is 0 Å². The van der Waals surface area contributed by atoms with E-state index < -0.39 is 277 Å². The molecule has 0 aromatic rings. The number of carboxylic acid groups (broad SMARTS) is 1. The summed E-state index contributed by atoms with van der Waals surface area (Å²) in [6, 6.07) is 0. The molecule has 38 heteroatoms. The van der Waals surface area contributed by atoms with E-state index in [1.165, 1.54) is 33.5 Å². The molecule has 34 atom stereocenters. The number of carbonyl (C=O) groups excluding carboxylic acids is 4. The van der Waals surface area contributed by atoms with Crippen molar-refractivity contribution in [3.05, 3.63) is 36.5 Å². The Morgan fingerprint density at radius 3 is 1.47 bits per heavy atom. The van der Waals surface area contributed by atoms with Gasteiger partial charge in [0.25, 0.3) is 0 Å². The number of fused-ring (bicyclic) bond motifs is 1. The average Bonchev–Trinajstić information content (AvgIpc) is 0.761. The van der Waals surface area contributed by atoms with E-state index in [0.717, 1.165) is 12.2 Å². The summed E-state index contributed by atoms with van der Waals surface area (Å²) in [4.78, 5) is 63.6. The number of rotatable bonds is 28. The van der Waals surface area contributed by atoms with Gasteiger partial charge in [-0.1, -0.05) is 18.2 Å². The molecule has 110 heavy (non-hydrogen) atoms. The molecule has 17 N–H and O–H groups in total. The molecule has 0 amide bonds. The number of carboxylic acids is 1. The lowest BCUT2D eigenvalue weighted by molar-refractivity contribution is -0.380. The van der Waals surface area contributed by atoms with Crippen molar-refractivity contribution in [2.45, 2.75) is 305 Å². The number of hydrogen-bond donors (Lipinski definition) is 17. The molecular weight excluding hydrogens is 1470 g/mol. The highest BCUT2D eigenvalue weighted by atomic mass is 16.8. The zero-order chi connectivity index (χ0) is 79.5. The Bertz CT molecular complexity index is 3020. The predicted octanol–water partition coefficient (Wildman–Crippen LogP) is -5.67. The van der Waals surface area contributed by atoms with Gasteiger partial charge in [0, 0.05) is 51.9 Å². The summed E-state index contributed by atoms with van der Waals surface area (Å²) >= 11 is 0. The lowest BCUT2D eigenvalue weighted by Crippen LogP contribution is -2.66. The van der Waals surface area contributed by atoms with Crippen LogP contribution in [0.4, 0.5) is 0 Å². The fourth-order valence-electron chi connectivity index (χ4n) is 16.6. The van der Waals surface area contributed by atoms with Crippen molar-refractivity contribution in [3.63, 3.8) is 0 Å². The number of allylic oxidation sites excluding steroid dienone is 3. The van der Waals surface area contributed by atoms with Crippen molar-refractivity contribution in [2.24, 2.45) is 29.6 Å². The highest BCUT2D eigenvalue weighted by Crippen LogP contribution is 2.46. The van der Waals surface area contributed by atoms with Gasteiger partial charge in [0.15, 0.2) is 31.3 Å². The summed E-state index contributed by atoms with van der Waals surface area (Å²) < 4.78 is 94.6. The predicted molar refractivity (Wildman–Crippen MR) is 362 cm³/mol. The minimum Gasteiger partial charge on any atom is -0.481 e. The van der Waals surface area contributed by atoms with Crippen LogP contribution in [0, 0.1) is 29.6 Å². The van der Waals surface area contributed by atoms with Crippen molar-refractivity contribution in [1.29, 1.82) is 0 Å². The summed E-state index contributed by atoms with van der Waals surface area (Å²) in [6.45, 7) is -3.04. The molecule has 0 aromatic carbocycles. The van der Waals surface area contributed by atoms with Gasteiger partial charge in [-0.25, -0.2) is 14.4 Å². The van der Waals surface area contributed by atoms with Crippen molar-refractivity contribution in [2.75, 3.05) is 47.8 Å². The third-order valence-electron chi connectivity index (χ3n) is 23.0. The Kier molecular flexibility index (Phi) is 32.2. The first-order chi connectivity index (χ1) is 52.4. The topological polar surface area (TPSA) is 577 Å². The second-order valence-electron chi connectivity index (χ2n) is 30.4. The smallest absolute Gasteiger partial charge is 0.330 e. The van der Waals surface area contributed by atoms with Gasteiger partial charge in [0.1, 0.15) is 124 Å². The van der Waals surface area contributed by atoms with Gasteiger partial charge in [0.05, 0.1) is 79.9 Å². The third-order valence-corrected chi connectivity index (χ3v) is 23.0. The molecule has 14 unspecified atom stereocenters. The molecule has 38 nitrogen and oxygen atoms in total. The Morgan fingerprint density at radius 2 is 0.882 bits per heavy atom. The van der Waals surface area contributed by atoms with Gasteiger partial charge in [-0.3, -0.25) is 9.59 Å². The van der Waals surface area contributed by atoms with Crippen LogP contribution in [0.1, 0.15) is 103 Å². The fourth-order valence-corrected chi connectivity index (χ4v) is 16.6. The number of aliphatic hydroxyl groups is 16. The number of aliphatic carboxylic acids is 1. The van der Waals surface area contributed by atoms with Gasteiger partial charge in [-0.05, 0) is 114 Å². The first kappa shape index (κ1) is 87.8. The van der Waals surface area contributed by atoms with Crippen molar-refractivity contribution in [3.8, 4) is 0 Å². The Morgan fingerprint density at radius 1 is 0.391 bits per heavy atom. The maximum Gasteiger partial charge on any atom is 0.330 e. The van der Waals surface area contributed by atoms with E-state index in [2.05, 4.69) is 0 Å². The van der Waals surface area contributed by atoms with E-state index in [0.29, 0.717) is 44.9 Å². The number of esters is 4. The summed E-state index contributed by atoms with van der Waals surface area (Å²) in [7, 11) is 4.29. The van der Waals surface area contributed by atoms with E-state index >= 15 is 0 Å². The second-order valence-corrected chi connectivity index (χ2v) is 30.4. The van der Waals surface area contributed by atoms with E-state index in [4.69, 9.17) is 80.9 Å². The second kappa shape index (κ2) is 40.3.